The summed E-state index contributed by atoms with van der Waals surface area (Å²) >= 11 is 0. The van der Waals surface area contributed by atoms with Crippen molar-refractivity contribution in [2.45, 2.75) is 25.2 Å². The van der Waals surface area contributed by atoms with E-state index < -0.39 is 0 Å². The minimum Gasteiger partial charge on any atom is -0.0620 e. The van der Waals surface area contributed by atoms with Gasteiger partial charge >= 0.3 is 0 Å². The Balaban J connectivity index is 1.86. The van der Waals surface area contributed by atoms with Gasteiger partial charge in [0.2, 0.25) is 0 Å². The average Bonchev–Trinajstić information content (AvgIpc) is 2.93. The smallest absolute Gasteiger partial charge is 0.0620 e. The zero-order valence-corrected chi connectivity index (χ0v) is 16.1. The summed E-state index contributed by atoms with van der Waals surface area (Å²) in [6.45, 7) is 2.20. The number of benzene rings is 4. The summed E-state index contributed by atoms with van der Waals surface area (Å²) in [7, 11) is 0. The summed E-state index contributed by atoms with van der Waals surface area (Å²) in [6, 6.07) is 34.3. The van der Waals surface area contributed by atoms with Crippen molar-refractivity contribution in [3.63, 3.8) is 0 Å². The van der Waals surface area contributed by atoms with Crippen molar-refractivity contribution < 1.29 is 0 Å². The van der Waals surface area contributed by atoms with E-state index in [0.717, 1.165) is 12.8 Å². The summed E-state index contributed by atoms with van der Waals surface area (Å²) < 4.78 is 0. The van der Waals surface area contributed by atoms with Crippen molar-refractivity contribution >= 4 is 0 Å². The predicted octanol–water partition coefficient (Wildman–Crippen LogP) is 6.46. The van der Waals surface area contributed by atoms with Crippen LogP contribution in [0.25, 0.3) is 11.1 Å². The van der Waals surface area contributed by atoms with Crippen LogP contribution in [0.15, 0.2) is 91.0 Å². The predicted molar refractivity (Wildman–Crippen MR) is 116 cm³/mol. The molecule has 0 atom stereocenters. The zero-order valence-electron chi connectivity index (χ0n) is 16.1. The van der Waals surface area contributed by atoms with Crippen LogP contribution in [0.4, 0.5) is 0 Å². The third kappa shape index (κ3) is 1.90. The van der Waals surface area contributed by atoms with Gasteiger partial charge in [-0.3, -0.25) is 0 Å². The first kappa shape index (κ1) is 15.9. The van der Waals surface area contributed by atoms with E-state index in [4.69, 9.17) is 0 Å². The van der Waals surface area contributed by atoms with Crippen LogP contribution in [0, 0.1) is 6.92 Å². The van der Waals surface area contributed by atoms with Gasteiger partial charge in [0.15, 0.2) is 0 Å². The molecule has 4 aromatic carbocycles. The third-order valence-corrected chi connectivity index (χ3v) is 6.71. The minimum atomic E-state index is -0.219. The molecule has 0 N–H and O–H groups in total. The van der Waals surface area contributed by atoms with Gasteiger partial charge in [0.25, 0.3) is 0 Å². The van der Waals surface area contributed by atoms with Crippen LogP contribution in [0.1, 0.15) is 38.9 Å². The van der Waals surface area contributed by atoms with E-state index in [-0.39, 0.29) is 5.41 Å². The fraction of sp³-hybridized carbons (Fsp3) is 0.143. The standard InChI is InChI=1S/C28H22/c1-19-14-17-27-23(18-19)22-10-4-7-13-26(22)28(27)24-11-5-2-8-20(24)15-16-21-9-3-6-12-25(21)28/h2-14,17-18H,15-16H2,1H3. The van der Waals surface area contributed by atoms with Gasteiger partial charge in [0, 0.05) is 0 Å². The average molecular weight is 358 g/mol. The highest BCUT2D eigenvalue weighted by molar-refractivity contribution is 5.87. The summed E-state index contributed by atoms with van der Waals surface area (Å²) in [6.07, 6.45) is 2.19. The van der Waals surface area contributed by atoms with Crippen molar-refractivity contribution in [1.82, 2.24) is 0 Å². The second-order valence-corrected chi connectivity index (χ2v) is 8.16. The van der Waals surface area contributed by atoms with Gasteiger partial charge in [0.1, 0.15) is 0 Å². The van der Waals surface area contributed by atoms with E-state index in [9.17, 15) is 0 Å². The van der Waals surface area contributed by atoms with Gasteiger partial charge in [-0.2, -0.15) is 0 Å². The molecule has 134 valence electrons. The molecule has 0 unspecified atom stereocenters. The van der Waals surface area contributed by atoms with Crippen LogP contribution in [0.2, 0.25) is 0 Å². The molecule has 4 aromatic rings. The van der Waals surface area contributed by atoms with Crippen LogP contribution >= 0.6 is 0 Å². The van der Waals surface area contributed by atoms with Crippen molar-refractivity contribution in [3.05, 3.63) is 130 Å². The number of rotatable bonds is 0. The maximum atomic E-state index is 2.38. The number of aryl methyl sites for hydroxylation is 3. The molecule has 0 radical (unpaired) electrons. The monoisotopic (exact) mass is 358 g/mol. The van der Waals surface area contributed by atoms with E-state index in [0.29, 0.717) is 0 Å². The lowest BCUT2D eigenvalue weighted by Crippen LogP contribution is -2.29. The van der Waals surface area contributed by atoms with Crippen LogP contribution in [-0.2, 0) is 18.3 Å². The fourth-order valence-electron chi connectivity index (χ4n) is 5.60. The third-order valence-electron chi connectivity index (χ3n) is 6.71. The Hall–Kier alpha value is -3.12. The first-order chi connectivity index (χ1) is 13.8. The van der Waals surface area contributed by atoms with E-state index in [1.807, 2.05) is 0 Å². The SMILES string of the molecule is Cc1ccc2c(c1)-c1ccccc1C21c2ccccc2CCc2ccccc21. The second kappa shape index (κ2) is 5.69. The fourth-order valence-corrected chi connectivity index (χ4v) is 5.60. The molecule has 0 aliphatic heterocycles. The molecule has 2 aliphatic rings. The van der Waals surface area contributed by atoms with Gasteiger partial charge in [-0.25, -0.2) is 0 Å². The number of fused-ring (bicyclic) bond motifs is 9. The van der Waals surface area contributed by atoms with Crippen LogP contribution in [-0.4, -0.2) is 0 Å². The molecule has 28 heavy (non-hydrogen) atoms. The van der Waals surface area contributed by atoms with Crippen molar-refractivity contribution in [2.24, 2.45) is 0 Å². The van der Waals surface area contributed by atoms with E-state index in [1.165, 1.54) is 50.1 Å². The highest BCUT2D eigenvalue weighted by Crippen LogP contribution is 2.58. The number of hydrogen-bond donors (Lipinski definition) is 0. The molecule has 0 saturated carbocycles. The first-order valence-corrected chi connectivity index (χ1v) is 10.2. The Bertz CT molecular complexity index is 1180. The van der Waals surface area contributed by atoms with Crippen molar-refractivity contribution in [2.75, 3.05) is 0 Å². The topological polar surface area (TPSA) is 0 Å². The largest absolute Gasteiger partial charge is 0.0718 e. The lowest BCUT2D eigenvalue weighted by Gasteiger charge is -2.35. The maximum absolute atomic E-state index is 2.38. The van der Waals surface area contributed by atoms with Gasteiger partial charge < -0.3 is 0 Å². The highest BCUT2D eigenvalue weighted by atomic mass is 14.5. The Morgan fingerprint density at radius 2 is 1.07 bits per heavy atom. The van der Waals surface area contributed by atoms with E-state index in [1.54, 1.807) is 0 Å². The highest BCUT2D eigenvalue weighted by Gasteiger charge is 2.48. The second-order valence-electron chi connectivity index (χ2n) is 8.16. The lowest BCUT2D eigenvalue weighted by atomic mass is 9.66. The molecule has 0 nitrogen and oxygen atoms in total. The molecule has 0 heterocycles. The van der Waals surface area contributed by atoms with Crippen LogP contribution in [0.3, 0.4) is 0 Å². The molecule has 0 saturated heterocycles. The molecule has 0 fully saturated rings. The van der Waals surface area contributed by atoms with Crippen LogP contribution < -0.4 is 0 Å². The van der Waals surface area contributed by atoms with Crippen molar-refractivity contribution in [3.8, 4) is 11.1 Å². The molecular weight excluding hydrogens is 336 g/mol. The van der Waals surface area contributed by atoms with E-state index in [2.05, 4.69) is 97.9 Å². The minimum absolute atomic E-state index is 0.219. The molecule has 1 spiro atoms. The normalized spacial score (nSPS) is 15.3. The molecule has 0 bridgehead atoms. The van der Waals surface area contributed by atoms with Crippen molar-refractivity contribution in [1.29, 1.82) is 0 Å². The lowest BCUT2D eigenvalue weighted by molar-refractivity contribution is 0.762. The summed E-state index contributed by atoms with van der Waals surface area (Å²) in [5.74, 6) is 0. The molecule has 0 aromatic heterocycles. The first-order valence-electron chi connectivity index (χ1n) is 10.2. The molecule has 0 amide bonds. The molecular formula is C28H22. The summed E-state index contributed by atoms with van der Waals surface area (Å²) in [4.78, 5) is 0. The maximum Gasteiger partial charge on any atom is 0.0718 e. The number of hydrogen-bond acceptors (Lipinski definition) is 0. The molecule has 2 aliphatic carbocycles. The summed E-state index contributed by atoms with van der Waals surface area (Å²) in [5, 5.41) is 0. The Morgan fingerprint density at radius 1 is 0.536 bits per heavy atom. The van der Waals surface area contributed by atoms with Gasteiger partial charge in [0.05, 0.1) is 5.41 Å². The summed E-state index contributed by atoms with van der Waals surface area (Å²) in [5.41, 5.74) is 12.6. The zero-order chi connectivity index (χ0) is 18.7. The van der Waals surface area contributed by atoms with Gasteiger partial charge in [-0.1, -0.05) is 96.6 Å². The Kier molecular flexibility index (Phi) is 3.23. The molecule has 0 heteroatoms. The van der Waals surface area contributed by atoms with Gasteiger partial charge in [-0.15, -0.1) is 0 Å². The Morgan fingerprint density at radius 3 is 1.75 bits per heavy atom. The quantitative estimate of drug-likeness (QED) is 0.298. The van der Waals surface area contributed by atoms with Gasteiger partial charge in [-0.05, 0) is 64.3 Å². The van der Waals surface area contributed by atoms with E-state index >= 15 is 0 Å². The van der Waals surface area contributed by atoms with Crippen LogP contribution in [0.5, 0.6) is 0 Å². The Labute approximate surface area is 166 Å². The molecule has 6 rings (SSSR count).